The number of anilines is 1. The molecule has 1 saturated carbocycles. The molecule has 44 heavy (non-hydrogen) atoms. The highest BCUT2D eigenvalue weighted by Gasteiger charge is 2.71. The predicted molar refractivity (Wildman–Crippen MR) is 155 cm³/mol. The second kappa shape index (κ2) is 10.3. The van der Waals surface area contributed by atoms with Crippen LogP contribution in [0.25, 0.3) is 0 Å². The smallest absolute Gasteiger partial charge is 0.423 e. The number of carbonyl (C=O) groups is 5. The van der Waals surface area contributed by atoms with E-state index in [0.717, 1.165) is 12.0 Å². The second-order valence-corrected chi connectivity index (χ2v) is 12.0. The molecule has 2 saturated heterocycles. The number of imide groups is 4. The molecule has 3 aromatic rings. The van der Waals surface area contributed by atoms with Crippen molar-refractivity contribution in [3.8, 4) is 0 Å². The summed E-state index contributed by atoms with van der Waals surface area (Å²) in [5, 5.41) is 10.2. The van der Waals surface area contributed by atoms with Gasteiger partial charge >= 0.3 is 6.09 Å². The zero-order chi connectivity index (χ0) is 30.9. The molecule has 2 aliphatic carbocycles. The number of aliphatic hydroxyl groups excluding tert-OH is 1. The van der Waals surface area contributed by atoms with Gasteiger partial charge < -0.3 is 14.3 Å². The van der Waals surface area contributed by atoms with Gasteiger partial charge in [0.05, 0.1) is 36.5 Å². The molecule has 7 rings (SSSR count). The van der Waals surface area contributed by atoms with Crippen LogP contribution in [0.15, 0.2) is 82.8 Å². The van der Waals surface area contributed by atoms with Crippen molar-refractivity contribution in [2.24, 2.45) is 23.7 Å². The van der Waals surface area contributed by atoms with Gasteiger partial charge in [-0.1, -0.05) is 59.6 Å². The number of amides is 5. The summed E-state index contributed by atoms with van der Waals surface area (Å²) in [5.74, 6) is -5.93. The van der Waals surface area contributed by atoms with Crippen LogP contribution in [0.2, 0.25) is 5.02 Å². The highest BCUT2D eigenvalue weighted by atomic mass is 35.5. The van der Waals surface area contributed by atoms with E-state index >= 15 is 0 Å². The number of nitrogens with zero attached hydrogens (tertiary/aromatic N) is 2. The molecule has 1 aromatic heterocycles. The number of methoxy groups -OCH3 is 1. The highest BCUT2D eigenvalue weighted by Crippen LogP contribution is 2.64. The Morgan fingerprint density at radius 1 is 1.00 bits per heavy atom. The molecular weight excluding hydrogens is 588 g/mol. The number of rotatable bonds is 4. The number of hydrogen-bond acceptors (Lipinski definition) is 8. The zero-order valence-electron chi connectivity index (χ0n) is 23.5. The number of likely N-dealkylation sites (tertiary alicyclic amines) is 1. The number of fused-ring (bicyclic) bond motifs is 4. The molecular formula is C33H27ClN2O8. The molecule has 2 aliphatic heterocycles. The van der Waals surface area contributed by atoms with Crippen molar-refractivity contribution in [1.29, 1.82) is 0 Å². The van der Waals surface area contributed by atoms with E-state index in [-0.39, 0.29) is 25.2 Å². The van der Waals surface area contributed by atoms with Crippen molar-refractivity contribution < 1.29 is 38.2 Å². The summed E-state index contributed by atoms with van der Waals surface area (Å²) in [6, 6.07) is 18.8. The summed E-state index contributed by atoms with van der Waals surface area (Å²) < 4.78 is 10.9. The summed E-state index contributed by atoms with van der Waals surface area (Å²) in [4.78, 5) is 70.8. The summed E-state index contributed by atoms with van der Waals surface area (Å²) in [5.41, 5.74) is 0.0809. The SMILES string of the molecule is COC(=O)N1C(=O)C2CC=C3C(CC4C(=O)N(c5cccc(Cl)c5)C(=O)C4(c4ccccc4)C3c3ccc(CO)o3)C2C1=O. The van der Waals surface area contributed by atoms with E-state index in [0.29, 0.717) is 32.5 Å². The van der Waals surface area contributed by atoms with Gasteiger partial charge in [-0.3, -0.25) is 19.2 Å². The first kappa shape index (κ1) is 28.2. The van der Waals surface area contributed by atoms with Crippen LogP contribution in [0.5, 0.6) is 0 Å². The average molecular weight is 615 g/mol. The Morgan fingerprint density at radius 3 is 2.45 bits per heavy atom. The normalized spacial score (nSPS) is 29.3. The molecule has 6 unspecified atom stereocenters. The summed E-state index contributed by atoms with van der Waals surface area (Å²) in [7, 11) is 1.10. The lowest BCUT2D eigenvalue weighted by Gasteiger charge is -2.49. The first-order valence-electron chi connectivity index (χ1n) is 14.3. The maximum Gasteiger partial charge on any atom is 0.423 e. The van der Waals surface area contributed by atoms with Crippen molar-refractivity contribution in [1.82, 2.24) is 4.90 Å². The fourth-order valence-electron chi connectivity index (χ4n) is 7.96. The van der Waals surface area contributed by atoms with Gasteiger partial charge in [-0.25, -0.2) is 9.69 Å². The predicted octanol–water partition coefficient (Wildman–Crippen LogP) is 4.35. The number of benzene rings is 2. The fraction of sp³-hybridized carbons (Fsp3) is 0.303. The van der Waals surface area contributed by atoms with Crippen molar-refractivity contribution in [3.05, 3.63) is 100 Å². The minimum Gasteiger partial charge on any atom is -0.463 e. The Labute approximate surface area is 256 Å². The van der Waals surface area contributed by atoms with Gasteiger partial charge in [0, 0.05) is 5.02 Å². The first-order valence-corrected chi connectivity index (χ1v) is 14.7. The van der Waals surface area contributed by atoms with E-state index in [1.54, 1.807) is 60.7 Å². The Bertz CT molecular complexity index is 1770. The van der Waals surface area contributed by atoms with Crippen molar-refractivity contribution in [2.45, 2.75) is 30.8 Å². The van der Waals surface area contributed by atoms with Gasteiger partial charge in [-0.05, 0) is 54.7 Å². The van der Waals surface area contributed by atoms with Gasteiger partial charge in [-0.2, -0.15) is 4.90 Å². The maximum absolute atomic E-state index is 15.0. The third kappa shape index (κ3) is 3.74. The number of ether oxygens (including phenoxy) is 1. The molecule has 4 aliphatic rings. The molecule has 2 aromatic carbocycles. The fourth-order valence-corrected chi connectivity index (χ4v) is 8.14. The van der Waals surface area contributed by atoms with Gasteiger partial charge in [0.25, 0.3) is 0 Å². The van der Waals surface area contributed by atoms with E-state index in [4.69, 9.17) is 20.8 Å². The van der Waals surface area contributed by atoms with E-state index in [2.05, 4.69) is 0 Å². The molecule has 11 heteroatoms. The lowest BCUT2D eigenvalue weighted by Crippen LogP contribution is -2.53. The van der Waals surface area contributed by atoms with E-state index < -0.39 is 64.7 Å². The summed E-state index contributed by atoms with van der Waals surface area (Å²) in [6.45, 7) is -0.385. The van der Waals surface area contributed by atoms with Crippen LogP contribution < -0.4 is 4.90 Å². The number of allylic oxidation sites excluding steroid dienone is 2. The van der Waals surface area contributed by atoms with Gasteiger partial charge in [0.15, 0.2) is 0 Å². The Kier molecular flexibility index (Phi) is 6.60. The van der Waals surface area contributed by atoms with Crippen LogP contribution in [0, 0.1) is 23.7 Å². The number of hydrogen-bond donors (Lipinski definition) is 1. The van der Waals surface area contributed by atoms with Gasteiger partial charge in [0.1, 0.15) is 23.5 Å². The van der Waals surface area contributed by atoms with E-state index in [1.165, 1.54) is 0 Å². The van der Waals surface area contributed by atoms with Crippen LogP contribution >= 0.6 is 11.6 Å². The van der Waals surface area contributed by atoms with Crippen LogP contribution in [-0.4, -0.2) is 46.8 Å². The van der Waals surface area contributed by atoms with Crippen LogP contribution in [0.3, 0.4) is 0 Å². The van der Waals surface area contributed by atoms with Crippen molar-refractivity contribution >= 4 is 47.0 Å². The number of carbonyl (C=O) groups excluding carboxylic acids is 5. The van der Waals surface area contributed by atoms with Crippen molar-refractivity contribution in [2.75, 3.05) is 12.0 Å². The Morgan fingerprint density at radius 2 is 1.77 bits per heavy atom. The zero-order valence-corrected chi connectivity index (χ0v) is 24.3. The average Bonchev–Trinajstić information content (AvgIpc) is 3.68. The molecule has 224 valence electrons. The molecule has 0 spiro atoms. The summed E-state index contributed by atoms with van der Waals surface area (Å²) in [6.07, 6.45) is 1.01. The number of aliphatic hydroxyl groups is 1. The molecule has 3 heterocycles. The second-order valence-electron chi connectivity index (χ2n) is 11.5. The molecule has 3 fully saturated rings. The highest BCUT2D eigenvalue weighted by molar-refractivity contribution is 6.32. The number of halogens is 1. The Balaban J connectivity index is 1.48. The molecule has 5 amide bonds. The standard InChI is InChI=1S/C33H27ClN2O8/c1-43-32(42)36-28(38)22-12-11-21-23(26(22)30(36)40)15-24-29(39)35(19-9-5-8-18(34)14-19)31(41)33(24,17-6-3-2-4-7-17)27(21)25-13-10-20(16-37)44-25/h2-11,13-14,22-24,26-27,37H,12,15-16H2,1H3. The lowest BCUT2D eigenvalue weighted by atomic mass is 9.50. The molecule has 0 bridgehead atoms. The minimum atomic E-state index is -1.49. The van der Waals surface area contributed by atoms with E-state index in [9.17, 15) is 29.1 Å². The Hall–Kier alpha value is -4.54. The maximum atomic E-state index is 15.0. The molecule has 1 N–H and O–H groups in total. The van der Waals surface area contributed by atoms with Gasteiger partial charge in [-0.15, -0.1) is 0 Å². The molecule has 6 atom stereocenters. The summed E-state index contributed by atoms with van der Waals surface area (Å²) >= 11 is 6.30. The monoisotopic (exact) mass is 614 g/mol. The van der Waals surface area contributed by atoms with Crippen molar-refractivity contribution in [3.63, 3.8) is 0 Å². The third-order valence-corrected chi connectivity index (χ3v) is 9.88. The minimum absolute atomic E-state index is 0.0711. The van der Waals surface area contributed by atoms with Crippen LogP contribution in [0.4, 0.5) is 10.5 Å². The third-order valence-electron chi connectivity index (χ3n) is 9.65. The van der Waals surface area contributed by atoms with Crippen LogP contribution in [-0.2, 0) is 35.9 Å². The first-order chi connectivity index (χ1) is 21.2. The molecule has 0 radical (unpaired) electrons. The van der Waals surface area contributed by atoms with Crippen LogP contribution in [0.1, 0.15) is 35.8 Å². The lowest BCUT2D eigenvalue weighted by molar-refractivity contribution is -0.138. The number of furan rings is 1. The molecule has 10 nitrogen and oxygen atoms in total. The topological polar surface area (TPSA) is 134 Å². The van der Waals surface area contributed by atoms with E-state index in [1.807, 2.05) is 12.1 Å². The quantitative estimate of drug-likeness (QED) is 0.339. The van der Waals surface area contributed by atoms with Gasteiger partial charge in [0.2, 0.25) is 23.6 Å². The largest absolute Gasteiger partial charge is 0.463 e.